The topological polar surface area (TPSA) is 111 Å². The van der Waals surface area contributed by atoms with Crippen LogP contribution in [-0.4, -0.2) is 91.5 Å². The summed E-state index contributed by atoms with van der Waals surface area (Å²) in [6, 6.07) is 16.0. The van der Waals surface area contributed by atoms with Crippen LogP contribution in [0, 0.1) is 0 Å². The second-order valence-electron chi connectivity index (χ2n) is 9.60. The first-order valence-electron chi connectivity index (χ1n) is 14.2. The van der Waals surface area contributed by atoms with Gasteiger partial charge in [0, 0.05) is 34.7 Å². The predicted octanol–water partition coefficient (Wildman–Crippen LogP) is 5.09. The Hall–Kier alpha value is -3.22. The van der Waals surface area contributed by atoms with E-state index < -0.39 is 0 Å². The lowest BCUT2D eigenvalue weighted by molar-refractivity contribution is -0.00742. The molecule has 0 bridgehead atoms. The van der Waals surface area contributed by atoms with Crippen molar-refractivity contribution in [3.05, 3.63) is 54.1 Å². The third kappa shape index (κ3) is 7.99. The van der Waals surface area contributed by atoms with Crippen molar-refractivity contribution in [3.63, 3.8) is 0 Å². The van der Waals surface area contributed by atoms with E-state index in [1.165, 1.54) is 0 Å². The van der Waals surface area contributed by atoms with E-state index in [0.29, 0.717) is 79.3 Å². The molecule has 0 atom stereocenters. The molecule has 0 radical (unpaired) electrons. The molecule has 0 unspecified atom stereocenters. The summed E-state index contributed by atoms with van der Waals surface area (Å²) < 4.78 is 50.6. The fourth-order valence-electron chi connectivity index (χ4n) is 4.63. The van der Waals surface area contributed by atoms with Gasteiger partial charge in [0.15, 0.2) is 0 Å². The van der Waals surface area contributed by atoms with Gasteiger partial charge in [0.05, 0.1) is 79.3 Å². The minimum atomic E-state index is 0.0211. The summed E-state index contributed by atoms with van der Waals surface area (Å²) in [6.07, 6.45) is 0. The van der Waals surface area contributed by atoms with Crippen molar-refractivity contribution in [2.75, 3.05) is 86.4 Å². The van der Waals surface area contributed by atoms with Crippen LogP contribution in [-0.2, 0) is 35.0 Å². The fourth-order valence-corrected chi connectivity index (χ4v) is 4.63. The molecule has 0 aliphatic rings. The number of aliphatic hydroxyl groups is 1. The fraction of sp³-hybridized carbons (Fsp3) is 0.438. The minimum absolute atomic E-state index is 0.0211. The van der Waals surface area contributed by atoms with Crippen molar-refractivity contribution in [1.82, 2.24) is 0 Å². The maximum atomic E-state index is 8.65. The number of methoxy groups -OCH3 is 1. The summed E-state index contributed by atoms with van der Waals surface area (Å²) in [7, 11) is 1.65. The normalized spacial score (nSPS) is 12.0. The molecule has 0 aliphatic heterocycles. The quantitative estimate of drug-likeness (QED) is 0.125. The van der Waals surface area contributed by atoms with Crippen molar-refractivity contribution in [2.45, 2.75) is 6.61 Å². The van der Waals surface area contributed by atoms with E-state index in [1.807, 2.05) is 42.5 Å². The van der Waals surface area contributed by atoms with E-state index in [9.17, 15) is 0 Å². The summed E-state index contributed by atoms with van der Waals surface area (Å²) in [4.78, 5) is 0. The Morgan fingerprint density at radius 1 is 0.524 bits per heavy atom. The van der Waals surface area contributed by atoms with E-state index in [1.54, 1.807) is 7.11 Å². The zero-order valence-electron chi connectivity index (χ0n) is 23.9. The molecular formula is C32H38O10. The smallest absolute Gasteiger partial charge is 0.139 e. The molecule has 2 heterocycles. The maximum absolute atomic E-state index is 8.65. The van der Waals surface area contributed by atoms with Crippen LogP contribution in [0.3, 0.4) is 0 Å². The van der Waals surface area contributed by atoms with E-state index in [-0.39, 0.29) is 6.61 Å². The molecule has 0 saturated heterocycles. The van der Waals surface area contributed by atoms with Crippen molar-refractivity contribution >= 4 is 43.9 Å². The highest BCUT2D eigenvalue weighted by atomic mass is 16.6. The second-order valence-corrected chi connectivity index (χ2v) is 9.60. The number of hydrogen-bond acceptors (Lipinski definition) is 10. The molecule has 5 rings (SSSR count). The Morgan fingerprint density at radius 3 is 1.81 bits per heavy atom. The van der Waals surface area contributed by atoms with E-state index in [2.05, 4.69) is 6.07 Å². The Morgan fingerprint density at radius 2 is 1.10 bits per heavy atom. The molecular weight excluding hydrogens is 544 g/mol. The van der Waals surface area contributed by atoms with Crippen LogP contribution in [0.5, 0.6) is 5.75 Å². The molecule has 0 saturated carbocycles. The van der Waals surface area contributed by atoms with Gasteiger partial charge in [0.2, 0.25) is 0 Å². The van der Waals surface area contributed by atoms with Crippen molar-refractivity contribution in [2.24, 2.45) is 0 Å². The third-order valence-electron chi connectivity index (χ3n) is 6.65. The van der Waals surface area contributed by atoms with Gasteiger partial charge in [0.25, 0.3) is 0 Å². The molecule has 10 nitrogen and oxygen atoms in total. The minimum Gasteiger partial charge on any atom is -0.491 e. The van der Waals surface area contributed by atoms with Crippen LogP contribution in [0.4, 0.5) is 0 Å². The summed E-state index contributed by atoms with van der Waals surface area (Å²) in [5.41, 5.74) is 4.23. The monoisotopic (exact) mass is 582 g/mol. The zero-order chi connectivity index (χ0) is 29.0. The summed E-state index contributed by atoms with van der Waals surface area (Å²) in [5.74, 6) is 0.731. The number of fused-ring (bicyclic) bond motifs is 6. The number of rotatable bonds is 20. The van der Waals surface area contributed by atoms with Crippen molar-refractivity contribution in [3.8, 4) is 5.75 Å². The van der Waals surface area contributed by atoms with Gasteiger partial charge in [-0.3, -0.25) is 0 Å². The first kappa shape index (κ1) is 30.2. The van der Waals surface area contributed by atoms with Crippen molar-refractivity contribution < 1.29 is 47.1 Å². The number of aliphatic hydroxyl groups excluding tert-OH is 1. The lowest BCUT2D eigenvalue weighted by atomic mass is 10.1. The first-order valence-corrected chi connectivity index (χ1v) is 14.2. The van der Waals surface area contributed by atoms with E-state index in [0.717, 1.165) is 55.2 Å². The van der Waals surface area contributed by atoms with Crippen LogP contribution in [0.25, 0.3) is 43.9 Å². The van der Waals surface area contributed by atoms with Gasteiger partial charge < -0.3 is 47.1 Å². The van der Waals surface area contributed by atoms with Crippen molar-refractivity contribution in [1.29, 1.82) is 0 Å². The molecule has 5 aromatic rings. The molecule has 42 heavy (non-hydrogen) atoms. The largest absolute Gasteiger partial charge is 0.491 e. The van der Waals surface area contributed by atoms with Crippen LogP contribution in [0.2, 0.25) is 0 Å². The molecule has 2 aromatic heterocycles. The van der Waals surface area contributed by atoms with Gasteiger partial charge in [-0.2, -0.15) is 0 Å². The average Bonchev–Trinajstić information content (AvgIpc) is 3.54. The van der Waals surface area contributed by atoms with Gasteiger partial charge in [0.1, 0.15) is 34.7 Å². The number of furan rings is 2. The molecule has 0 fully saturated rings. The Kier molecular flexibility index (Phi) is 11.4. The number of ether oxygens (including phenoxy) is 7. The lowest BCUT2D eigenvalue weighted by Crippen LogP contribution is -2.12. The first-order chi connectivity index (χ1) is 20.8. The molecule has 226 valence electrons. The Labute approximate surface area is 243 Å². The highest BCUT2D eigenvalue weighted by Crippen LogP contribution is 2.37. The summed E-state index contributed by atoms with van der Waals surface area (Å²) in [6.45, 7) is 5.77. The molecule has 3 aromatic carbocycles. The van der Waals surface area contributed by atoms with Gasteiger partial charge in [-0.05, 0) is 42.0 Å². The predicted molar refractivity (Wildman–Crippen MR) is 158 cm³/mol. The zero-order valence-corrected chi connectivity index (χ0v) is 23.9. The summed E-state index contributed by atoms with van der Waals surface area (Å²) in [5, 5.41) is 12.7. The lowest BCUT2D eigenvalue weighted by Gasteiger charge is -2.07. The number of benzene rings is 3. The molecule has 0 spiro atoms. The van der Waals surface area contributed by atoms with Crippen LogP contribution in [0.1, 0.15) is 5.56 Å². The average molecular weight is 583 g/mol. The Balaban J connectivity index is 1.15. The summed E-state index contributed by atoms with van der Waals surface area (Å²) >= 11 is 0. The van der Waals surface area contributed by atoms with Gasteiger partial charge in [-0.1, -0.05) is 6.07 Å². The molecule has 1 N–H and O–H groups in total. The van der Waals surface area contributed by atoms with Crippen LogP contribution >= 0.6 is 0 Å². The molecule has 0 amide bonds. The van der Waals surface area contributed by atoms with Gasteiger partial charge in [-0.25, -0.2) is 0 Å². The van der Waals surface area contributed by atoms with Gasteiger partial charge in [-0.15, -0.1) is 0 Å². The van der Waals surface area contributed by atoms with E-state index >= 15 is 0 Å². The third-order valence-corrected chi connectivity index (χ3v) is 6.65. The highest BCUT2D eigenvalue weighted by molar-refractivity contribution is 6.14. The molecule has 0 aliphatic carbocycles. The van der Waals surface area contributed by atoms with Crippen LogP contribution in [0.15, 0.2) is 57.4 Å². The standard InChI is InChI=1S/C32H38O10/c1-34-8-9-36-16-17-40-24-3-4-25-27-20-32-28(21-31(27)42-30(25)19-24)26-18-23(2-5-29(26)41-32)22-39-15-14-38-13-12-37-11-10-35-7-6-33/h2-5,18-21,33H,6-17,22H2,1H3. The molecule has 10 heteroatoms. The SMILES string of the molecule is COCCOCCOc1ccc2c(c1)oc1cc3c(cc12)oc1ccc(COCCOCCOCCOCCO)cc13. The van der Waals surface area contributed by atoms with Crippen LogP contribution < -0.4 is 4.74 Å². The van der Waals surface area contributed by atoms with E-state index in [4.69, 9.17) is 47.1 Å². The highest BCUT2D eigenvalue weighted by Gasteiger charge is 2.14. The maximum Gasteiger partial charge on any atom is 0.139 e. The second kappa shape index (κ2) is 15.9. The number of hydrogen-bond donors (Lipinski definition) is 1. The van der Waals surface area contributed by atoms with Gasteiger partial charge >= 0.3 is 0 Å². The Bertz CT molecular complexity index is 1540.